The van der Waals surface area contributed by atoms with E-state index in [-0.39, 0.29) is 0 Å². The molecule has 0 saturated heterocycles. The summed E-state index contributed by atoms with van der Waals surface area (Å²) in [6, 6.07) is 8.64. The summed E-state index contributed by atoms with van der Waals surface area (Å²) in [7, 11) is -3.38. The van der Waals surface area contributed by atoms with E-state index in [1.807, 2.05) is 6.07 Å². The molecule has 4 nitrogen and oxygen atoms in total. The minimum atomic E-state index is -3.38. The highest BCUT2D eigenvalue weighted by atomic mass is 35.5. The summed E-state index contributed by atoms with van der Waals surface area (Å²) >= 11 is 5.77. The van der Waals surface area contributed by atoms with E-state index in [1.165, 1.54) is 0 Å². The molecule has 0 heterocycles. The molecule has 1 saturated carbocycles. The van der Waals surface area contributed by atoms with Gasteiger partial charge in [0.2, 0.25) is 0 Å². The van der Waals surface area contributed by atoms with Crippen molar-refractivity contribution in [2.75, 3.05) is 12.9 Å². The molecule has 3 atom stereocenters. The predicted molar refractivity (Wildman–Crippen MR) is 68.0 cm³/mol. The molecule has 0 spiro atoms. The fraction of sp³-hybridized carbons (Fsp3) is 0.417. The van der Waals surface area contributed by atoms with Crippen LogP contribution in [0.15, 0.2) is 24.3 Å². The van der Waals surface area contributed by atoms with Crippen molar-refractivity contribution in [2.24, 2.45) is 5.41 Å². The van der Waals surface area contributed by atoms with Gasteiger partial charge in [0.1, 0.15) is 5.41 Å². The van der Waals surface area contributed by atoms with Crippen molar-refractivity contribution in [3.05, 3.63) is 34.9 Å². The van der Waals surface area contributed by atoms with Gasteiger partial charge in [-0.2, -0.15) is 5.26 Å². The number of hydrogen-bond donors (Lipinski definition) is 1. The molecular weight excluding hydrogens is 274 g/mol. The van der Waals surface area contributed by atoms with Crippen LogP contribution in [0, 0.1) is 16.7 Å². The van der Waals surface area contributed by atoms with Gasteiger partial charge >= 0.3 is 0 Å². The van der Waals surface area contributed by atoms with Crippen LogP contribution in [0.3, 0.4) is 0 Å². The Morgan fingerprint density at radius 1 is 1.44 bits per heavy atom. The maximum atomic E-state index is 11.7. The van der Waals surface area contributed by atoms with Crippen LogP contribution in [-0.2, 0) is 9.84 Å². The normalized spacial score (nSPS) is 30.8. The minimum Gasteiger partial charge on any atom is -0.395 e. The standard InChI is InChI=1S/C12H12ClNO3S/c1-18(16,17)11-10(12(11,6-14)7-15)8-2-4-9(13)5-3-8/h2-5,10-11,15H,7H2,1H3/t10-,11-,12+/m1/s1. The molecular formula is C12H12ClNO3S. The Bertz CT molecular complexity index is 605. The van der Waals surface area contributed by atoms with Crippen LogP contribution in [0.25, 0.3) is 0 Å². The highest BCUT2D eigenvalue weighted by molar-refractivity contribution is 7.91. The van der Waals surface area contributed by atoms with Gasteiger partial charge in [0.15, 0.2) is 9.84 Å². The average Bonchev–Trinajstić information content (AvgIpc) is 3.00. The SMILES string of the molecule is CS(=O)(=O)[C@@H]1[C@@H](c2ccc(Cl)cc2)[C@]1(C#N)CO. The third kappa shape index (κ3) is 1.91. The summed E-state index contributed by atoms with van der Waals surface area (Å²) in [5.74, 6) is -0.486. The van der Waals surface area contributed by atoms with Crippen LogP contribution in [0.1, 0.15) is 11.5 Å². The Hall–Kier alpha value is -1.09. The second-order valence-corrected chi connectivity index (χ2v) is 7.19. The summed E-state index contributed by atoms with van der Waals surface area (Å²) in [6.07, 6.45) is 1.09. The Morgan fingerprint density at radius 2 is 2.00 bits per heavy atom. The van der Waals surface area contributed by atoms with E-state index in [4.69, 9.17) is 11.6 Å². The number of aliphatic hydroxyl groups excluding tert-OH is 1. The van der Waals surface area contributed by atoms with Crippen molar-refractivity contribution >= 4 is 21.4 Å². The molecule has 6 heteroatoms. The van der Waals surface area contributed by atoms with Gasteiger partial charge in [-0.15, -0.1) is 0 Å². The van der Waals surface area contributed by atoms with Crippen molar-refractivity contribution in [3.8, 4) is 6.07 Å². The Morgan fingerprint density at radius 3 is 2.33 bits per heavy atom. The van der Waals surface area contributed by atoms with Gasteiger partial charge in [-0.3, -0.25) is 0 Å². The van der Waals surface area contributed by atoms with Crippen LogP contribution in [0.4, 0.5) is 0 Å². The lowest BCUT2D eigenvalue weighted by molar-refractivity contribution is 0.242. The Kier molecular flexibility index (Phi) is 3.14. The molecule has 1 aromatic carbocycles. The van der Waals surface area contributed by atoms with Crippen LogP contribution in [-0.4, -0.2) is 31.6 Å². The molecule has 18 heavy (non-hydrogen) atoms. The molecule has 0 radical (unpaired) electrons. The largest absolute Gasteiger partial charge is 0.395 e. The lowest BCUT2D eigenvalue weighted by Crippen LogP contribution is -2.16. The van der Waals surface area contributed by atoms with E-state index < -0.39 is 33.0 Å². The van der Waals surface area contributed by atoms with Gasteiger partial charge in [0.25, 0.3) is 0 Å². The summed E-state index contributed by atoms with van der Waals surface area (Å²) < 4.78 is 23.4. The highest BCUT2D eigenvalue weighted by Crippen LogP contribution is 2.62. The number of nitriles is 1. The van der Waals surface area contributed by atoms with Gasteiger partial charge in [0, 0.05) is 17.2 Å². The third-order valence-electron chi connectivity index (χ3n) is 3.42. The molecule has 1 aromatic rings. The Balaban J connectivity index is 2.46. The van der Waals surface area contributed by atoms with Crippen molar-refractivity contribution in [1.29, 1.82) is 5.26 Å². The lowest BCUT2D eigenvalue weighted by Gasteiger charge is -2.03. The molecule has 1 aliphatic rings. The maximum absolute atomic E-state index is 11.7. The van der Waals surface area contributed by atoms with Crippen molar-refractivity contribution in [3.63, 3.8) is 0 Å². The number of halogens is 1. The van der Waals surface area contributed by atoms with E-state index in [2.05, 4.69) is 0 Å². The van der Waals surface area contributed by atoms with Crippen LogP contribution < -0.4 is 0 Å². The highest BCUT2D eigenvalue weighted by Gasteiger charge is 2.70. The van der Waals surface area contributed by atoms with Crippen LogP contribution in [0.2, 0.25) is 5.02 Å². The first kappa shape index (κ1) is 13.3. The molecule has 0 aliphatic heterocycles. The van der Waals surface area contributed by atoms with Gasteiger partial charge in [-0.05, 0) is 17.7 Å². The van der Waals surface area contributed by atoms with E-state index in [0.29, 0.717) is 10.6 Å². The van der Waals surface area contributed by atoms with E-state index in [0.717, 1.165) is 6.26 Å². The van der Waals surface area contributed by atoms with E-state index in [1.54, 1.807) is 24.3 Å². The van der Waals surface area contributed by atoms with Gasteiger partial charge in [-0.1, -0.05) is 23.7 Å². The van der Waals surface area contributed by atoms with E-state index in [9.17, 15) is 18.8 Å². The zero-order valence-corrected chi connectivity index (χ0v) is 11.2. The van der Waals surface area contributed by atoms with Crippen LogP contribution >= 0.6 is 11.6 Å². The maximum Gasteiger partial charge on any atom is 0.152 e. The zero-order valence-electron chi connectivity index (χ0n) is 9.67. The first-order valence-electron chi connectivity index (χ1n) is 5.33. The van der Waals surface area contributed by atoms with Gasteiger partial charge < -0.3 is 5.11 Å². The molecule has 1 N–H and O–H groups in total. The fourth-order valence-corrected chi connectivity index (χ4v) is 4.51. The second kappa shape index (κ2) is 4.23. The molecule has 0 aromatic heterocycles. The van der Waals surface area contributed by atoms with Crippen molar-refractivity contribution in [2.45, 2.75) is 11.2 Å². The first-order valence-corrected chi connectivity index (χ1v) is 7.66. The lowest BCUT2D eigenvalue weighted by atomic mass is 10.0. The molecule has 0 amide bonds. The minimum absolute atomic E-state index is 0.464. The average molecular weight is 286 g/mol. The fourth-order valence-electron chi connectivity index (χ4n) is 2.53. The molecule has 2 rings (SSSR count). The number of hydrogen-bond acceptors (Lipinski definition) is 4. The summed E-state index contributed by atoms with van der Waals surface area (Å²) in [5, 5.41) is 18.2. The van der Waals surface area contributed by atoms with Crippen molar-refractivity contribution in [1.82, 2.24) is 0 Å². The number of nitrogens with zero attached hydrogens (tertiary/aromatic N) is 1. The van der Waals surface area contributed by atoms with Gasteiger partial charge in [-0.25, -0.2) is 8.42 Å². The second-order valence-electron chi connectivity index (χ2n) is 4.59. The summed E-state index contributed by atoms with van der Waals surface area (Å²) in [4.78, 5) is 0. The smallest absolute Gasteiger partial charge is 0.152 e. The zero-order chi connectivity index (χ0) is 13.6. The Labute approximate surface area is 111 Å². The molecule has 1 aliphatic carbocycles. The molecule has 96 valence electrons. The van der Waals surface area contributed by atoms with Crippen molar-refractivity contribution < 1.29 is 13.5 Å². The quantitative estimate of drug-likeness (QED) is 0.909. The topological polar surface area (TPSA) is 78.2 Å². The summed E-state index contributed by atoms with van der Waals surface area (Å²) in [6.45, 7) is -0.464. The number of aliphatic hydroxyl groups is 1. The number of rotatable bonds is 3. The molecule has 1 fully saturated rings. The first-order chi connectivity index (χ1) is 8.36. The molecule has 0 bridgehead atoms. The van der Waals surface area contributed by atoms with Gasteiger partial charge in [0.05, 0.1) is 17.9 Å². The number of benzene rings is 1. The predicted octanol–water partition coefficient (Wildman–Crippen LogP) is 1.35. The van der Waals surface area contributed by atoms with E-state index >= 15 is 0 Å². The molecule has 0 unspecified atom stereocenters. The number of sulfone groups is 1. The van der Waals surface area contributed by atoms with Crippen LogP contribution in [0.5, 0.6) is 0 Å². The summed E-state index contributed by atoms with van der Waals surface area (Å²) in [5.41, 5.74) is -0.507. The monoisotopic (exact) mass is 285 g/mol. The third-order valence-corrected chi connectivity index (χ3v) is 5.28.